The second-order valence-electron chi connectivity index (χ2n) is 3.98. The summed E-state index contributed by atoms with van der Waals surface area (Å²) in [6.07, 6.45) is 4.92. The maximum Gasteiger partial charge on any atom is 0.224 e. The predicted octanol–water partition coefficient (Wildman–Crippen LogP) is -1.02. The smallest absolute Gasteiger partial charge is 0.224 e. The van der Waals surface area contributed by atoms with E-state index in [-0.39, 0.29) is 11.9 Å². The van der Waals surface area contributed by atoms with Gasteiger partial charge in [0.05, 0.1) is 18.5 Å². The molecule has 3 N–H and O–H groups in total. The molecule has 16 heavy (non-hydrogen) atoms. The fourth-order valence-electron chi connectivity index (χ4n) is 2.01. The van der Waals surface area contributed by atoms with Crippen LogP contribution in [-0.2, 0) is 4.79 Å². The summed E-state index contributed by atoms with van der Waals surface area (Å²) in [6.45, 7) is 1.25. The Morgan fingerprint density at radius 3 is 3.00 bits per heavy atom. The fraction of sp³-hybridized carbons (Fsp3) is 0.600. The summed E-state index contributed by atoms with van der Waals surface area (Å²) < 4.78 is 1.83. The molecule has 1 aromatic heterocycles. The number of carbonyl (C=O) groups is 1. The zero-order valence-electron chi connectivity index (χ0n) is 8.99. The maximum atomic E-state index is 11.6. The van der Waals surface area contributed by atoms with Crippen molar-refractivity contribution >= 4 is 5.91 Å². The molecule has 2 heterocycles. The third kappa shape index (κ3) is 2.07. The van der Waals surface area contributed by atoms with Gasteiger partial charge in [-0.1, -0.05) is 0 Å². The minimum atomic E-state index is -0.532. The van der Waals surface area contributed by atoms with Crippen molar-refractivity contribution in [2.75, 3.05) is 19.6 Å². The first kappa shape index (κ1) is 11.1. The zero-order valence-corrected chi connectivity index (χ0v) is 8.99. The second kappa shape index (κ2) is 4.63. The Hall–Kier alpha value is -1.40. The molecule has 0 aliphatic carbocycles. The summed E-state index contributed by atoms with van der Waals surface area (Å²) in [5.41, 5.74) is 5.34. The average molecular weight is 224 g/mol. The molecule has 0 aromatic carbocycles. The summed E-state index contributed by atoms with van der Waals surface area (Å²) in [5, 5.41) is 9.87. The molecule has 0 radical (unpaired) electrons. The van der Waals surface area contributed by atoms with E-state index in [0.717, 1.165) is 0 Å². The van der Waals surface area contributed by atoms with Gasteiger partial charge in [-0.3, -0.25) is 4.79 Å². The van der Waals surface area contributed by atoms with E-state index < -0.39 is 6.10 Å². The molecule has 0 bridgehead atoms. The van der Waals surface area contributed by atoms with Gasteiger partial charge < -0.3 is 20.3 Å². The van der Waals surface area contributed by atoms with E-state index in [1.807, 2.05) is 4.57 Å². The SMILES string of the molecule is NCCC(=O)N1C[C@H](O)[C@@H](n2ccnc2)C1. The number of aliphatic hydroxyl groups excluding tert-OH is 1. The van der Waals surface area contributed by atoms with Crippen molar-refractivity contribution in [2.24, 2.45) is 5.73 Å². The molecule has 1 amide bonds. The van der Waals surface area contributed by atoms with E-state index in [0.29, 0.717) is 26.1 Å². The number of imidazole rings is 1. The quantitative estimate of drug-likeness (QED) is 0.688. The Kier molecular flexibility index (Phi) is 3.21. The molecule has 1 fully saturated rings. The lowest BCUT2D eigenvalue weighted by atomic mass is 10.2. The highest BCUT2D eigenvalue weighted by Crippen LogP contribution is 2.22. The topological polar surface area (TPSA) is 84.4 Å². The summed E-state index contributed by atoms with van der Waals surface area (Å²) in [6, 6.07) is -0.0933. The Labute approximate surface area is 93.7 Å². The van der Waals surface area contributed by atoms with Crippen LogP contribution in [0.1, 0.15) is 12.5 Å². The number of likely N-dealkylation sites (tertiary alicyclic amines) is 1. The molecule has 2 atom stereocenters. The van der Waals surface area contributed by atoms with Gasteiger partial charge in [0.15, 0.2) is 0 Å². The normalized spacial score (nSPS) is 25.0. The lowest BCUT2D eigenvalue weighted by Gasteiger charge is -2.16. The van der Waals surface area contributed by atoms with E-state index in [4.69, 9.17) is 5.73 Å². The van der Waals surface area contributed by atoms with Gasteiger partial charge in [0.1, 0.15) is 0 Å². The Morgan fingerprint density at radius 2 is 2.38 bits per heavy atom. The van der Waals surface area contributed by atoms with Crippen molar-refractivity contribution in [3.63, 3.8) is 0 Å². The van der Waals surface area contributed by atoms with Crippen LogP contribution >= 0.6 is 0 Å². The van der Waals surface area contributed by atoms with Gasteiger partial charge in [-0.2, -0.15) is 0 Å². The lowest BCUT2D eigenvalue weighted by Crippen LogP contribution is -2.31. The van der Waals surface area contributed by atoms with Gasteiger partial charge in [-0.05, 0) is 0 Å². The van der Waals surface area contributed by atoms with Crippen LogP contribution in [0.25, 0.3) is 0 Å². The predicted molar refractivity (Wildman–Crippen MR) is 57.5 cm³/mol. The highest BCUT2D eigenvalue weighted by Gasteiger charge is 2.34. The van der Waals surface area contributed by atoms with Crippen molar-refractivity contribution in [1.29, 1.82) is 0 Å². The fourth-order valence-corrected chi connectivity index (χ4v) is 2.01. The molecule has 0 spiro atoms. The maximum absolute atomic E-state index is 11.6. The minimum absolute atomic E-state index is 0.00386. The number of carbonyl (C=O) groups excluding carboxylic acids is 1. The van der Waals surface area contributed by atoms with Crippen LogP contribution in [0.2, 0.25) is 0 Å². The lowest BCUT2D eigenvalue weighted by molar-refractivity contribution is -0.130. The number of rotatable bonds is 3. The van der Waals surface area contributed by atoms with Gasteiger partial charge in [-0.15, -0.1) is 0 Å². The van der Waals surface area contributed by atoms with Crippen LogP contribution in [0.3, 0.4) is 0 Å². The van der Waals surface area contributed by atoms with Crippen LogP contribution in [0.5, 0.6) is 0 Å². The number of nitrogens with two attached hydrogens (primary N) is 1. The van der Waals surface area contributed by atoms with Gasteiger partial charge in [-0.25, -0.2) is 4.98 Å². The van der Waals surface area contributed by atoms with Gasteiger partial charge in [0.2, 0.25) is 5.91 Å². The molecule has 6 nitrogen and oxygen atoms in total. The molecule has 1 saturated heterocycles. The van der Waals surface area contributed by atoms with E-state index >= 15 is 0 Å². The highest BCUT2D eigenvalue weighted by atomic mass is 16.3. The monoisotopic (exact) mass is 224 g/mol. The van der Waals surface area contributed by atoms with Crippen molar-refractivity contribution in [3.05, 3.63) is 18.7 Å². The number of hydrogen-bond acceptors (Lipinski definition) is 4. The molecule has 1 aliphatic rings. The minimum Gasteiger partial charge on any atom is -0.389 e. The second-order valence-corrected chi connectivity index (χ2v) is 3.98. The molecule has 1 aliphatic heterocycles. The summed E-state index contributed by atoms with van der Waals surface area (Å²) >= 11 is 0. The Bertz CT molecular complexity index is 352. The molecule has 6 heteroatoms. The van der Waals surface area contributed by atoms with Crippen LogP contribution in [0.15, 0.2) is 18.7 Å². The van der Waals surface area contributed by atoms with Crippen LogP contribution in [0, 0.1) is 0 Å². The first-order valence-corrected chi connectivity index (χ1v) is 5.35. The van der Waals surface area contributed by atoms with E-state index in [9.17, 15) is 9.90 Å². The zero-order chi connectivity index (χ0) is 11.5. The van der Waals surface area contributed by atoms with E-state index in [1.165, 1.54) is 0 Å². The number of β-amino-alcohol motifs (C(OH)–C–C–N with tert-alkyl or cyclic N) is 1. The molecular formula is C10H16N4O2. The number of amides is 1. The van der Waals surface area contributed by atoms with Gasteiger partial charge in [0, 0.05) is 38.4 Å². The van der Waals surface area contributed by atoms with Gasteiger partial charge >= 0.3 is 0 Å². The highest BCUT2D eigenvalue weighted by molar-refractivity contribution is 5.76. The van der Waals surface area contributed by atoms with E-state index in [2.05, 4.69) is 4.98 Å². The van der Waals surface area contributed by atoms with Crippen molar-refractivity contribution < 1.29 is 9.90 Å². The molecule has 0 unspecified atom stereocenters. The first-order chi connectivity index (χ1) is 7.72. The van der Waals surface area contributed by atoms with Crippen LogP contribution < -0.4 is 5.73 Å². The van der Waals surface area contributed by atoms with Crippen molar-refractivity contribution in [1.82, 2.24) is 14.5 Å². The Balaban J connectivity index is 2.02. The third-order valence-corrected chi connectivity index (χ3v) is 2.88. The molecular weight excluding hydrogens is 208 g/mol. The number of hydrogen-bond donors (Lipinski definition) is 2. The molecule has 0 saturated carbocycles. The summed E-state index contributed by atoms with van der Waals surface area (Å²) in [7, 11) is 0. The van der Waals surface area contributed by atoms with Gasteiger partial charge in [0.25, 0.3) is 0 Å². The standard InChI is InChI=1S/C10H16N4O2/c11-2-1-10(16)14-5-8(9(15)6-14)13-4-3-12-7-13/h3-4,7-9,15H,1-2,5-6,11H2/t8-,9-/m0/s1. The number of aromatic nitrogens is 2. The molecule has 1 aromatic rings. The van der Waals surface area contributed by atoms with Crippen molar-refractivity contribution in [3.8, 4) is 0 Å². The largest absolute Gasteiger partial charge is 0.389 e. The number of aliphatic hydroxyl groups is 1. The van der Waals surface area contributed by atoms with Crippen LogP contribution in [-0.4, -0.2) is 51.2 Å². The molecule has 88 valence electrons. The Morgan fingerprint density at radius 1 is 1.56 bits per heavy atom. The van der Waals surface area contributed by atoms with Crippen molar-refractivity contribution in [2.45, 2.75) is 18.6 Å². The third-order valence-electron chi connectivity index (χ3n) is 2.88. The van der Waals surface area contributed by atoms with Crippen LogP contribution in [0.4, 0.5) is 0 Å². The summed E-state index contributed by atoms with van der Waals surface area (Å²) in [5.74, 6) is 0.00386. The summed E-state index contributed by atoms with van der Waals surface area (Å²) in [4.78, 5) is 17.2. The van der Waals surface area contributed by atoms with E-state index in [1.54, 1.807) is 23.6 Å². The average Bonchev–Trinajstić information content (AvgIpc) is 2.86. The first-order valence-electron chi connectivity index (χ1n) is 5.35. The number of nitrogens with zero attached hydrogens (tertiary/aromatic N) is 3. The molecule has 2 rings (SSSR count).